The van der Waals surface area contributed by atoms with Crippen molar-refractivity contribution < 1.29 is 17.6 Å². The van der Waals surface area contributed by atoms with Crippen LogP contribution in [0.25, 0.3) is 0 Å². The second kappa shape index (κ2) is 8.73. The Kier molecular flexibility index (Phi) is 6.66. The lowest BCUT2D eigenvalue weighted by Crippen LogP contribution is -2.40. The Morgan fingerprint density at radius 2 is 1.68 bits per heavy atom. The van der Waals surface area contributed by atoms with Gasteiger partial charge in [-0.1, -0.05) is 42.5 Å². The van der Waals surface area contributed by atoms with Crippen LogP contribution in [0.5, 0.6) is 0 Å². The van der Waals surface area contributed by atoms with Crippen LogP contribution in [0.4, 0.5) is 4.39 Å². The highest BCUT2D eigenvalue weighted by Crippen LogP contribution is 2.08. The third kappa shape index (κ3) is 6.64. The molecule has 0 spiro atoms. The predicted molar refractivity (Wildman–Crippen MR) is 94.8 cm³/mol. The van der Waals surface area contributed by atoms with Crippen molar-refractivity contribution in [3.05, 3.63) is 71.5 Å². The molecule has 0 aliphatic carbocycles. The molecule has 0 aromatic heterocycles. The maximum absolute atomic E-state index is 12.8. The first kappa shape index (κ1) is 19.1. The zero-order valence-electron chi connectivity index (χ0n) is 14.0. The fraction of sp³-hybridized carbons (Fsp3) is 0.278. The molecule has 7 heteroatoms. The van der Waals surface area contributed by atoms with Crippen LogP contribution in [-0.2, 0) is 27.8 Å². The van der Waals surface area contributed by atoms with E-state index in [9.17, 15) is 17.6 Å². The lowest BCUT2D eigenvalue weighted by atomic mass is 10.1. The van der Waals surface area contributed by atoms with Crippen molar-refractivity contribution in [3.63, 3.8) is 0 Å². The Bertz CT molecular complexity index is 793. The minimum atomic E-state index is -3.51. The van der Waals surface area contributed by atoms with Gasteiger partial charge in [0.05, 0.1) is 12.8 Å². The molecule has 1 N–H and O–H groups in total. The molecule has 0 fully saturated rings. The molecule has 25 heavy (non-hydrogen) atoms. The molecule has 5 nitrogen and oxygen atoms in total. The molecule has 0 radical (unpaired) electrons. The lowest BCUT2D eigenvalue weighted by molar-refractivity contribution is -0.121. The third-order valence-corrected chi connectivity index (χ3v) is 4.84. The van der Waals surface area contributed by atoms with E-state index in [1.54, 1.807) is 12.1 Å². The number of rotatable bonds is 8. The van der Waals surface area contributed by atoms with E-state index < -0.39 is 10.0 Å². The van der Waals surface area contributed by atoms with Crippen LogP contribution in [0.1, 0.15) is 11.1 Å². The first-order chi connectivity index (χ1) is 11.8. The van der Waals surface area contributed by atoms with E-state index in [0.29, 0.717) is 13.0 Å². The number of carbonyl (C=O) groups is 1. The molecule has 1 amide bonds. The van der Waals surface area contributed by atoms with Gasteiger partial charge in [0.15, 0.2) is 0 Å². The first-order valence-electron chi connectivity index (χ1n) is 7.85. The highest BCUT2D eigenvalue weighted by Gasteiger charge is 2.20. The van der Waals surface area contributed by atoms with E-state index in [-0.39, 0.29) is 24.8 Å². The molecule has 0 saturated heterocycles. The van der Waals surface area contributed by atoms with Crippen molar-refractivity contribution in [2.75, 3.05) is 19.3 Å². The number of sulfonamides is 1. The smallest absolute Gasteiger partial charge is 0.235 e. The van der Waals surface area contributed by atoms with Crippen molar-refractivity contribution in [2.45, 2.75) is 13.0 Å². The number of hydrogen-bond donors (Lipinski definition) is 1. The standard InChI is InChI=1S/C18H21FN2O3S/c1-25(23,24)21(13-16-5-3-2-4-6-16)14-18(22)20-12-11-15-7-9-17(19)10-8-15/h2-10H,11-14H2,1H3,(H,20,22). The average molecular weight is 364 g/mol. The maximum atomic E-state index is 12.8. The molecule has 2 aromatic rings. The number of nitrogens with zero attached hydrogens (tertiary/aromatic N) is 1. The number of nitrogens with one attached hydrogen (secondary N) is 1. The number of amides is 1. The molecule has 0 heterocycles. The quantitative estimate of drug-likeness (QED) is 0.779. The Balaban J connectivity index is 1.87. The highest BCUT2D eigenvalue weighted by atomic mass is 32.2. The fourth-order valence-corrected chi connectivity index (χ4v) is 3.03. The highest BCUT2D eigenvalue weighted by molar-refractivity contribution is 7.88. The van der Waals surface area contributed by atoms with Crippen LogP contribution in [0, 0.1) is 5.82 Å². The molecular weight excluding hydrogens is 343 g/mol. The van der Waals surface area contributed by atoms with Crippen LogP contribution in [-0.4, -0.2) is 38.0 Å². The topological polar surface area (TPSA) is 66.5 Å². The normalized spacial score (nSPS) is 11.5. The summed E-state index contributed by atoms with van der Waals surface area (Å²) in [6, 6.07) is 15.1. The fourth-order valence-electron chi connectivity index (χ4n) is 2.29. The Labute approximate surface area is 147 Å². The van der Waals surface area contributed by atoms with E-state index in [1.165, 1.54) is 12.1 Å². The number of benzene rings is 2. The summed E-state index contributed by atoms with van der Waals surface area (Å²) in [6.45, 7) is 0.260. The van der Waals surface area contributed by atoms with Gasteiger partial charge in [0.2, 0.25) is 15.9 Å². The molecule has 0 aliphatic rings. The summed E-state index contributed by atoms with van der Waals surface area (Å²) in [4.78, 5) is 12.1. The van der Waals surface area contributed by atoms with Crippen LogP contribution in [0.15, 0.2) is 54.6 Å². The summed E-state index contributed by atoms with van der Waals surface area (Å²) in [6.07, 6.45) is 1.63. The SMILES string of the molecule is CS(=O)(=O)N(CC(=O)NCCc1ccc(F)cc1)Cc1ccccc1. The van der Waals surface area contributed by atoms with Gasteiger partial charge < -0.3 is 5.32 Å². The number of halogens is 1. The molecular formula is C18H21FN2O3S. The van der Waals surface area contributed by atoms with Crippen LogP contribution in [0.2, 0.25) is 0 Å². The van der Waals surface area contributed by atoms with Crippen LogP contribution in [0.3, 0.4) is 0 Å². The summed E-state index contributed by atoms with van der Waals surface area (Å²) in [7, 11) is -3.51. The van der Waals surface area contributed by atoms with E-state index in [2.05, 4.69) is 5.32 Å². The summed E-state index contributed by atoms with van der Waals surface area (Å²) in [5.41, 5.74) is 1.71. The van der Waals surface area contributed by atoms with Crippen molar-refractivity contribution >= 4 is 15.9 Å². The Morgan fingerprint density at radius 1 is 1.04 bits per heavy atom. The maximum Gasteiger partial charge on any atom is 0.235 e. The molecule has 0 saturated carbocycles. The van der Waals surface area contributed by atoms with Gasteiger partial charge in [-0.05, 0) is 29.7 Å². The minimum absolute atomic E-state index is 0.144. The van der Waals surface area contributed by atoms with E-state index in [4.69, 9.17) is 0 Å². The predicted octanol–water partition coefficient (Wildman–Crippen LogP) is 1.95. The van der Waals surface area contributed by atoms with Gasteiger partial charge >= 0.3 is 0 Å². The lowest BCUT2D eigenvalue weighted by Gasteiger charge is -2.19. The first-order valence-corrected chi connectivity index (χ1v) is 9.69. The average Bonchev–Trinajstić information content (AvgIpc) is 2.56. The largest absolute Gasteiger partial charge is 0.355 e. The van der Waals surface area contributed by atoms with Crippen molar-refractivity contribution in [1.82, 2.24) is 9.62 Å². The van der Waals surface area contributed by atoms with Gasteiger partial charge in [-0.3, -0.25) is 4.79 Å². The van der Waals surface area contributed by atoms with Gasteiger partial charge in [0.1, 0.15) is 5.82 Å². The van der Waals surface area contributed by atoms with E-state index in [0.717, 1.165) is 21.7 Å². The van der Waals surface area contributed by atoms with E-state index in [1.807, 2.05) is 30.3 Å². The summed E-state index contributed by atoms with van der Waals surface area (Å²) < 4.78 is 37.8. The molecule has 134 valence electrons. The second-order valence-electron chi connectivity index (χ2n) is 5.74. The zero-order chi connectivity index (χ0) is 18.3. The van der Waals surface area contributed by atoms with Crippen molar-refractivity contribution in [1.29, 1.82) is 0 Å². The molecule has 0 aliphatic heterocycles. The summed E-state index contributed by atoms with van der Waals surface area (Å²) in [5, 5.41) is 2.70. The van der Waals surface area contributed by atoms with Crippen molar-refractivity contribution in [2.24, 2.45) is 0 Å². The Hall–Kier alpha value is -2.25. The van der Waals surface area contributed by atoms with Gasteiger partial charge in [0, 0.05) is 13.1 Å². The number of carbonyl (C=O) groups excluding carboxylic acids is 1. The van der Waals surface area contributed by atoms with Gasteiger partial charge in [0.25, 0.3) is 0 Å². The van der Waals surface area contributed by atoms with Gasteiger partial charge in [-0.2, -0.15) is 4.31 Å². The summed E-state index contributed by atoms with van der Waals surface area (Å²) >= 11 is 0. The molecule has 2 aromatic carbocycles. The number of hydrogen-bond acceptors (Lipinski definition) is 3. The van der Waals surface area contributed by atoms with Gasteiger partial charge in [-0.15, -0.1) is 0 Å². The molecule has 0 atom stereocenters. The monoisotopic (exact) mass is 364 g/mol. The summed E-state index contributed by atoms with van der Waals surface area (Å²) in [5.74, 6) is -0.680. The molecule has 2 rings (SSSR count). The zero-order valence-corrected chi connectivity index (χ0v) is 14.8. The minimum Gasteiger partial charge on any atom is -0.355 e. The Morgan fingerprint density at radius 3 is 2.28 bits per heavy atom. The second-order valence-corrected chi connectivity index (χ2v) is 7.73. The third-order valence-electron chi connectivity index (χ3n) is 3.64. The van der Waals surface area contributed by atoms with Crippen molar-refractivity contribution in [3.8, 4) is 0 Å². The van der Waals surface area contributed by atoms with E-state index >= 15 is 0 Å². The van der Waals surface area contributed by atoms with Gasteiger partial charge in [-0.25, -0.2) is 12.8 Å². The molecule has 0 bridgehead atoms. The van der Waals surface area contributed by atoms with Crippen LogP contribution < -0.4 is 5.32 Å². The molecule has 0 unspecified atom stereocenters. The van der Waals surface area contributed by atoms with Crippen LogP contribution >= 0.6 is 0 Å².